The summed E-state index contributed by atoms with van der Waals surface area (Å²) in [4.78, 5) is 18.2. The highest BCUT2D eigenvalue weighted by atomic mass is 16.1. The molecule has 0 aliphatic rings. The van der Waals surface area contributed by atoms with E-state index in [-0.39, 0.29) is 5.56 Å². The van der Waals surface area contributed by atoms with Crippen molar-refractivity contribution in [3.63, 3.8) is 0 Å². The van der Waals surface area contributed by atoms with Crippen molar-refractivity contribution in [3.8, 4) is 5.69 Å². The Morgan fingerprint density at radius 1 is 0.767 bits per heavy atom. The molecule has 0 aliphatic carbocycles. The zero-order valence-corrected chi connectivity index (χ0v) is 16.6. The molecule has 1 heterocycles. The molecular weight excluding hydrogens is 368 g/mol. The van der Waals surface area contributed by atoms with E-state index in [1.54, 1.807) is 4.57 Å². The van der Waals surface area contributed by atoms with Crippen LogP contribution in [0.15, 0.2) is 95.8 Å². The smallest absolute Gasteiger partial charge is 0.266 e. The summed E-state index contributed by atoms with van der Waals surface area (Å²) in [7, 11) is 0. The Morgan fingerprint density at radius 3 is 2.43 bits per heavy atom. The molecule has 30 heavy (non-hydrogen) atoms. The first-order valence-corrected chi connectivity index (χ1v) is 9.95. The van der Waals surface area contributed by atoms with Crippen molar-refractivity contribution >= 4 is 33.8 Å². The van der Waals surface area contributed by atoms with Crippen molar-refractivity contribution in [1.29, 1.82) is 0 Å². The first-order valence-electron chi connectivity index (χ1n) is 9.95. The molecule has 0 aliphatic heterocycles. The van der Waals surface area contributed by atoms with Gasteiger partial charge in [0.05, 0.1) is 16.6 Å². The summed E-state index contributed by atoms with van der Waals surface area (Å²) >= 11 is 0. The van der Waals surface area contributed by atoms with Gasteiger partial charge in [-0.25, -0.2) is 4.98 Å². The number of benzene rings is 4. The SMILES string of the molecule is Cc1cccc(C=Cc2nc3ccccc3c(=O)n2-c2ccc3ccccc3c2)c1. The molecule has 1 aromatic heterocycles. The van der Waals surface area contributed by atoms with Gasteiger partial charge in [0.1, 0.15) is 5.82 Å². The third-order valence-electron chi connectivity index (χ3n) is 5.26. The minimum Gasteiger partial charge on any atom is -0.268 e. The third kappa shape index (κ3) is 3.31. The monoisotopic (exact) mass is 388 g/mol. The summed E-state index contributed by atoms with van der Waals surface area (Å²) < 4.78 is 1.70. The van der Waals surface area contributed by atoms with Gasteiger partial charge in [0.15, 0.2) is 0 Å². The molecule has 3 heteroatoms. The molecule has 0 bridgehead atoms. The summed E-state index contributed by atoms with van der Waals surface area (Å²) in [6.45, 7) is 2.07. The standard InChI is InChI=1S/C27H20N2O/c1-19-7-6-8-20(17-19)13-16-26-28-25-12-5-4-11-24(25)27(30)29(26)23-15-14-21-9-2-3-10-22(21)18-23/h2-18H,1H3. The molecule has 0 spiro atoms. The number of nitrogens with zero attached hydrogens (tertiary/aromatic N) is 2. The van der Waals surface area contributed by atoms with Gasteiger partial charge < -0.3 is 0 Å². The first-order chi connectivity index (χ1) is 14.7. The summed E-state index contributed by atoms with van der Waals surface area (Å²) in [5.41, 5.74) is 3.70. The van der Waals surface area contributed by atoms with Crippen LogP contribution in [0.4, 0.5) is 0 Å². The van der Waals surface area contributed by atoms with E-state index in [4.69, 9.17) is 4.98 Å². The second-order valence-corrected chi connectivity index (χ2v) is 7.41. The van der Waals surface area contributed by atoms with Crippen molar-refractivity contribution < 1.29 is 0 Å². The molecular formula is C27H20N2O. The van der Waals surface area contributed by atoms with Gasteiger partial charge in [-0.2, -0.15) is 0 Å². The minimum absolute atomic E-state index is 0.0697. The van der Waals surface area contributed by atoms with E-state index in [1.807, 2.05) is 78.9 Å². The van der Waals surface area contributed by atoms with Crippen LogP contribution in [0.1, 0.15) is 17.0 Å². The molecule has 0 saturated carbocycles. The van der Waals surface area contributed by atoms with E-state index in [2.05, 4.69) is 31.2 Å². The average molecular weight is 388 g/mol. The fraction of sp³-hybridized carbons (Fsp3) is 0.0370. The number of hydrogen-bond donors (Lipinski definition) is 0. The molecule has 4 aromatic carbocycles. The predicted octanol–water partition coefficient (Wildman–Crippen LogP) is 6.02. The molecule has 0 radical (unpaired) electrons. The number of hydrogen-bond acceptors (Lipinski definition) is 2. The van der Waals surface area contributed by atoms with Gasteiger partial charge >= 0.3 is 0 Å². The number of rotatable bonds is 3. The van der Waals surface area contributed by atoms with Crippen LogP contribution in [0, 0.1) is 6.92 Å². The number of fused-ring (bicyclic) bond motifs is 2. The normalized spacial score (nSPS) is 11.5. The van der Waals surface area contributed by atoms with Crippen LogP contribution >= 0.6 is 0 Å². The molecule has 0 unspecified atom stereocenters. The fourth-order valence-electron chi connectivity index (χ4n) is 3.77. The first kappa shape index (κ1) is 18.1. The Balaban J connectivity index is 1.75. The van der Waals surface area contributed by atoms with Crippen LogP contribution in [-0.2, 0) is 0 Å². The number of para-hydroxylation sites is 1. The van der Waals surface area contributed by atoms with E-state index < -0.39 is 0 Å². The van der Waals surface area contributed by atoms with Gasteiger partial charge in [-0.1, -0.05) is 78.4 Å². The third-order valence-corrected chi connectivity index (χ3v) is 5.26. The van der Waals surface area contributed by atoms with Crippen LogP contribution in [0.25, 0.3) is 39.5 Å². The van der Waals surface area contributed by atoms with Gasteiger partial charge in [0, 0.05) is 0 Å². The van der Waals surface area contributed by atoms with Gasteiger partial charge in [0.25, 0.3) is 5.56 Å². The average Bonchev–Trinajstić information content (AvgIpc) is 2.77. The molecule has 144 valence electrons. The fourth-order valence-corrected chi connectivity index (χ4v) is 3.77. The Morgan fingerprint density at radius 2 is 1.57 bits per heavy atom. The molecule has 0 atom stereocenters. The second kappa shape index (κ2) is 7.45. The summed E-state index contributed by atoms with van der Waals surface area (Å²) in [5, 5.41) is 2.84. The topological polar surface area (TPSA) is 34.9 Å². The van der Waals surface area contributed by atoms with Gasteiger partial charge in [-0.05, 0) is 53.6 Å². The van der Waals surface area contributed by atoms with Crippen molar-refractivity contribution in [2.24, 2.45) is 0 Å². The molecule has 0 saturated heterocycles. The van der Waals surface area contributed by atoms with Gasteiger partial charge in [-0.3, -0.25) is 9.36 Å². The van der Waals surface area contributed by atoms with E-state index in [0.29, 0.717) is 16.7 Å². The van der Waals surface area contributed by atoms with Crippen LogP contribution in [-0.4, -0.2) is 9.55 Å². The number of aryl methyl sites for hydroxylation is 1. The lowest BCUT2D eigenvalue weighted by Crippen LogP contribution is -2.22. The van der Waals surface area contributed by atoms with Crippen LogP contribution in [0.3, 0.4) is 0 Å². The highest BCUT2D eigenvalue weighted by Crippen LogP contribution is 2.20. The second-order valence-electron chi connectivity index (χ2n) is 7.41. The maximum Gasteiger partial charge on any atom is 0.266 e. The lowest BCUT2D eigenvalue weighted by Gasteiger charge is -2.12. The Hall–Kier alpha value is -3.98. The maximum absolute atomic E-state index is 13.4. The summed E-state index contributed by atoms with van der Waals surface area (Å²) in [6.07, 6.45) is 3.92. The van der Waals surface area contributed by atoms with Crippen molar-refractivity contribution in [1.82, 2.24) is 9.55 Å². The highest BCUT2D eigenvalue weighted by molar-refractivity contribution is 5.85. The minimum atomic E-state index is -0.0697. The molecule has 0 fully saturated rings. The van der Waals surface area contributed by atoms with E-state index in [9.17, 15) is 4.79 Å². The van der Waals surface area contributed by atoms with E-state index in [1.165, 1.54) is 5.56 Å². The maximum atomic E-state index is 13.4. The lowest BCUT2D eigenvalue weighted by molar-refractivity contribution is 0.946. The van der Waals surface area contributed by atoms with Crippen LogP contribution < -0.4 is 5.56 Å². The molecule has 3 nitrogen and oxygen atoms in total. The van der Waals surface area contributed by atoms with Crippen LogP contribution in [0.2, 0.25) is 0 Å². The number of aromatic nitrogens is 2. The van der Waals surface area contributed by atoms with Crippen molar-refractivity contribution in [2.75, 3.05) is 0 Å². The molecule has 5 aromatic rings. The molecule has 0 amide bonds. The van der Waals surface area contributed by atoms with Crippen molar-refractivity contribution in [3.05, 3.63) is 118 Å². The predicted molar refractivity (Wildman–Crippen MR) is 125 cm³/mol. The Bertz CT molecular complexity index is 1480. The quantitative estimate of drug-likeness (QED) is 0.379. The lowest BCUT2D eigenvalue weighted by atomic mass is 10.1. The van der Waals surface area contributed by atoms with Crippen LogP contribution in [0.5, 0.6) is 0 Å². The zero-order valence-electron chi connectivity index (χ0n) is 16.6. The van der Waals surface area contributed by atoms with Gasteiger partial charge in [0.2, 0.25) is 0 Å². The van der Waals surface area contributed by atoms with E-state index in [0.717, 1.165) is 22.0 Å². The zero-order chi connectivity index (χ0) is 20.5. The van der Waals surface area contributed by atoms with E-state index >= 15 is 0 Å². The Labute approximate surface area is 174 Å². The highest BCUT2D eigenvalue weighted by Gasteiger charge is 2.11. The molecule has 0 N–H and O–H groups in total. The molecule has 5 rings (SSSR count). The largest absolute Gasteiger partial charge is 0.268 e. The van der Waals surface area contributed by atoms with Crippen molar-refractivity contribution in [2.45, 2.75) is 6.92 Å². The Kier molecular flexibility index (Phi) is 4.49. The summed E-state index contributed by atoms with van der Waals surface area (Å²) in [5.74, 6) is 0.607. The summed E-state index contributed by atoms with van der Waals surface area (Å²) in [6, 6.07) is 29.9. The van der Waals surface area contributed by atoms with Gasteiger partial charge in [-0.15, -0.1) is 0 Å².